The first-order chi connectivity index (χ1) is 2.00. The fourth-order valence-corrected chi connectivity index (χ4v) is 0. The molecule has 0 rings (SSSR count). The first kappa shape index (κ1) is 11.0. The van der Waals surface area contributed by atoms with Crippen LogP contribution < -0.4 is 0 Å². The zero-order valence-electron chi connectivity index (χ0n) is 2.59. The predicted octanol–water partition coefficient (Wildman–Crippen LogP) is 2.37. The Hall–Kier alpha value is 2.11. The third-order valence-electron chi connectivity index (χ3n) is 0. The van der Waals surface area contributed by atoms with E-state index in [4.69, 9.17) is 34.1 Å². The van der Waals surface area contributed by atoms with Crippen LogP contribution in [0, 0.1) is 0 Å². The molecule has 0 fully saturated rings. The van der Waals surface area contributed by atoms with E-state index < -0.39 is 15.5 Å². The molecule has 0 nitrogen and oxygen atoms in total. The van der Waals surface area contributed by atoms with Crippen molar-refractivity contribution < 1.29 is 15.5 Å². The molecule has 0 aliphatic carbocycles. The first-order valence-electron chi connectivity index (χ1n) is 0.756. The summed E-state index contributed by atoms with van der Waals surface area (Å²) in [6, 6.07) is 0. The van der Waals surface area contributed by atoms with Gasteiger partial charge >= 0.3 is 49.5 Å². The SMILES string of the molecule is [B].[Cl][Zr]([Cl])([Cl])[Cl]. The minimum absolute atomic E-state index is 0. The van der Waals surface area contributed by atoms with E-state index in [0.717, 1.165) is 0 Å². The second-order valence-corrected chi connectivity index (χ2v) is 22.8. The molecule has 0 atom stereocenters. The van der Waals surface area contributed by atoms with Crippen LogP contribution >= 0.6 is 34.1 Å². The van der Waals surface area contributed by atoms with E-state index in [-0.39, 0.29) is 8.41 Å². The Balaban J connectivity index is 0. The molecule has 6 heteroatoms. The molecule has 0 aromatic heterocycles. The van der Waals surface area contributed by atoms with Crippen molar-refractivity contribution in [1.82, 2.24) is 0 Å². The molecule has 0 aliphatic heterocycles. The second kappa shape index (κ2) is 4.03. The zero-order chi connectivity index (χ0) is 4.50. The van der Waals surface area contributed by atoms with E-state index in [1.165, 1.54) is 0 Å². The summed E-state index contributed by atoms with van der Waals surface area (Å²) in [6.07, 6.45) is 0. The standard InChI is InChI=1S/B.4ClH.Zr/h;4*1H;/q;;;;;+4/p-4. The van der Waals surface area contributed by atoms with Gasteiger partial charge in [-0.3, -0.25) is 0 Å². The topological polar surface area (TPSA) is 0 Å². The van der Waals surface area contributed by atoms with Crippen molar-refractivity contribution in [3.8, 4) is 0 Å². The van der Waals surface area contributed by atoms with Crippen molar-refractivity contribution in [1.29, 1.82) is 0 Å². The summed E-state index contributed by atoms with van der Waals surface area (Å²) in [5.41, 5.74) is 0. The van der Waals surface area contributed by atoms with Crippen LogP contribution in [0.4, 0.5) is 0 Å². The van der Waals surface area contributed by atoms with Crippen molar-refractivity contribution in [3.05, 3.63) is 0 Å². The van der Waals surface area contributed by atoms with E-state index in [0.29, 0.717) is 0 Å². The quantitative estimate of drug-likeness (QED) is 0.573. The van der Waals surface area contributed by atoms with Crippen molar-refractivity contribution in [2.24, 2.45) is 0 Å². The van der Waals surface area contributed by atoms with E-state index in [9.17, 15) is 0 Å². The molecule has 0 saturated heterocycles. The summed E-state index contributed by atoms with van der Waals surface area (Å²) < 4.78 is 0. The number of rotatable bonds is 0. The third kappa shape index (κ3) is 35.9. The van der Waals surface area contributed by atoms with Crippen molar-refractivity contribution in [2.45, 2.75) is 0 Å². The molecule has 0 N–H and O–H groups in total. The van der Waals surface area contributed by atoms with Crippen molar-refractivity contribution >= 4 is 42.5 Å². The van der Waals surface area contributed by atoms with Gasteiger partial charge in [0, 0.05) is 8.41 Å². The average molecular weight is 244 g/mol. The van der Waals surface area contributed by atoms with Gasteiger partial charge in [-0.25, -0.2) is 0 Å². The van der Waals surface area contributed by atoms with Gasteiger partial charge in [0.15, 0.2) is 0 Å². The van der Waals surface area contributed by atoms with Crippen LogP contribution in [0.15, 0.2) is 0 Å². The Morgan fingerprint density at radius 3 is 0.833 bits per heavy atom. The molecule has 0 bridgehead atoms. The molecule has 0 spiro atoms. The third-order valence-corrected chi connectivity index (χ3v) is 0. The van der Waals surface area contributed by atoms with Crippen LogP contribution in [0.5, 0.6) is 0 Å². The fraction of sp³-hybridized carbons (Fsp3) is 0. The summed E-state index contributed by atoms with van der Waals surface area (Å²) in [6.45, 7) is 0. The average Bonchev–Trinajstić information content (AvgIpc) is 0.722. The van der Waals surface area contributed by atoms with Gasteiger partial charge in [-0.1, -0.05) is 0 Å². The summed E-state index contributed by atoms with van der Waals surface area (Å²) >= 11 is -3.29. The number of hydrogen-bond donors (Lipinski definition) is 0. The maximum atomic E-state index is 5.04. The van der Waals surface area contributed by atoms with Crippen LogP contribution in [-0.4, -0.2) is 8.41 Å². The molecule has 0 heterocycles. The van der Waals surface area contributed by atoms with Gasteiger partial charge in [-0.2, -0.15) is 0 Å². The number of hydrogen-bond acceptors (Lipinski definition) is 0. The van der Waals surface area contributed by atoms with Crippen LogP contribution in [0.1, 0.15) is 0 Å². The van der Waals surface area contributed by atoms with Crippen molar-refractivity contribution in [3.63, 3.8) is 0 Å². The van der Waals surface area contributed by atoms with Gasteiger partial charge < -0.3 is 0 Å². The molecule has 0 amide bonds. The van der Waals surface area contributed by atoms with Gasteiger partial charge in [-0.15, -0.1) is 0 Å². The molecular weight excluding hydrogens is 244 g/mol. The van der Waals surface area contributed by atoms with Gasteiger partial charge in [-0.05, 0) is 0 Å². The van der Waals surface area contributed by atoms with Crippen molar-refractivity contribution in [2.75, 3.05) is 0 Å². The monoisotopic (exact) mass is 241 g/mol. The molecule has 3 radical (unpaired) electrons. The Labute approximate surface area is 57.3 Å². The van der Waals surface area contributed by atoms with Crippen LogP contribution in [-0.2, 0) is 15.5 Å². The minimum atomic E-state index is -3.29. The van der Waals surface area contributed by atoms with E-state index in [2.05, 4.69) is 0 Å². The summed E-state index contributed by atoms with van der Waals surface area (Å²) in [5.74, 6) is 0. The predicted molar refractivity (Wildman–Crippen MR) is 29.2 cm³/mol. The number of halogens is 4. The van der Waals surface area contributed by atoms with E-state index in [1.54, 1.807) is 0 Å². The molecule has 0 unspecified atom stereocenters. The maximum absolute atomic E-state index is 5.04. The molecule has 0 aliphatic rings. The van der Waals surface area contributed by atoms with E-state index >= 15 is 0 Å². The summed E-state index contributed by atoms with van der Waals surface area (Å²) in [5, 5.41) is 0. The summed E-state index contributed by atoms with van der Waals surface area (Å²) in [4.78, 5) is 0. The Bertz CT molecular complexity index is 23.0. The molecule has 0 aromatic rings. The Morgan fingerprint density at radius 2 is 0.833 bits per heavy atom. The van der Waals surface area contributed by atoms with Gasteiger partial charge in [0.25, 0.3) is 0 Å². The first-order valence-corrected chi connectivity index (χ1v) is 13.4. The summed E-state index contributed by atoms with van der Waals surface area (Å²) in [7, 11) is 20.1. The Morgan fingerprint density at radius 1 is 0.833 bits per heavy atom. The fourth-order valence-electron chi connectivity index (χ4n) is 0. The molecule has 0 aromatic carbocycles. The van der Waals surface area contributed by atoms with Gasteiger partial charge in [0.2, 0.25) is 0 Å². The molecule has 0 saturated carbocycles. The second-order valence-electron chi connectivity index (χ2n) is 0.429. The zero-order valence-corrected chi connectivity index (χ0v) is 8.07. The normalized spacial score (nSPS) is 10.0. The molecule has 6 heavy (non-hydrogen) atoms. The van der Waals surface area contributed by atoms with Gasteiger partial charge in [0.05, 0.1) is 0 Å². The molecule has 35 valence electrons. The van der Waals surface area contributed by atoms with Crippen LogP contribution in [0.2, 0.25) is 0 Å². The van der Waals surface area contributed by atoms with Crippen LogP contribution in [0.25, 0.3) is 0 Å². The van der Waals surface area contributed by atoms with Gasteiger partial charge in [0.1, 0.15) is 0 Å². The molecular formula is BCl4Zr. The van der Waals surface area contributed by atoms with Crippen LogP contribution in [0.3, 0.4) is 0 Å². The van der Waals surface area contributed by atoms with E-state index in [1.807, 2.05) is 0 Å². The Kier molecular flexibility index (Phi) is 7.38.